The highest BCUT2D eigenvalue weighted by atomic mass is 32.2. The van der Waals surface area contributed by atoms with Crippen LogP contribution in [-0.4, -0.2) is 59.3 Å². The number of sulfonamides is 1. The van der Waals surface area contributed by atoms with Gasteiger partial charge in [0.1, 0.15) is 11.5 Å². The first-order valence-corrected chi connectivity index (χ1v) is 13.3. The lowest BCUT2D eigenvalue weighted by atomic mass is 10.1. The third-order valence-corrected chi connectivity index (χ3v) is 8.04. The van der Waals surface area contributed by atoms with Crippen LogP contribution in [0.4, 0.5) is 5.69 Å². The number of rotatable bonds is 6. The molecule has 1 saturated heterocycles. The highest BCUT2D eigenvalue weighted by molar-refractivity contribution is 7.89. The number of hydrogen-bond acceptors (Lipinski definition) is 9. The summed E-state index contributed by atoms with van der Waals surface area (Å²) in [6.07, 6.45) is 2.25. The number of hydrogen-bond donors (Lipinski definition) is 2. The molecule has 0 unspecified atom stereocenters. The number of aryl methyl sites for hydroxylation is 2. The molecular formula is C23H31N7O3S. The number of anilines is 1. The maximum absolute atomic E-state index is 13.4. The van der Waals surface area contributed by atoms with E-state index in [1.807, 2.05) is 20.8 Å². The predicted molar refractivity (Wildman–Crippen MR) is 129 cm³/mol. The lowest BCUT2D eigenvalue weighted by molar-refractivity contribution is 0.407. The Hall–Kier alpha value is -2.63. The van der Waals surface area contributed by atoms with Crippen molar-refractivity contribution >= 4 is 26.6 Å². The molecule has 2 fully saturated rings. The average molecular weight is 486 g/mol. The Morgan fingerprint density at radius 2 is 1.88 bits per heavy atom. The summed E-state index contributed by atoms with van der Waals surface area (Å²) in [5, 5.41) is 12.4. The molecular weight excluding hydrogens is 454 g/mol. The molecule has 1 aliphatic heterocycles. The smallest absolute Gasteiger partial charge is 0.267 e. The number of piperazine rings is 1. The molecule has 1 aromatic carbocycles. The summed E-state index contributed by atoms with van der Waals surface area (Å²) >= 11 is 0. The minimum atomic E-state index is -3.76. The van der Waals surface area contributed by atoms with E-state index in [4.69, 9.17) is 9.40 Å². The Balaban J connectivity index is 1.74. The van der Waals surface area contributed by atoms with E-state index in [9.17, 15) is 8.42 Å². The molecule has 3 aromatic rings. The SMILES string of the molecule is CCc1nnc(-c2nc(C)nc3c(N4C[C@H](C)N[C@@H](C)C4)cc(S(=O)(=O)NC4(C)CC4)cc23)o1. The van der Waals surface area contributed by atoms with Gasteiger partial charge in [0.15, 0.2) is 0 Å². The molecule has 2 aromatic heterocycles. The molecule has 2 aliphatic rings. The first-order chi connectivity index (χ1) is 16.1. The molecule has 10 nitrogen and oxygen atoms in total. The minimum absolute atomic E-state index is 0.186. The molecule has 1 aliphatic carbocycles. The molecule has 11 heteroatoms. The lowest BCUT2D eigenvalue weighted by Crippen LogP contribution is -2.54. The zero-order valence-corrected chi connectivity index (χ0v) is 21.0. The van der Waals surface area contributed by atoms with Crippen LogP contribution in [0.15, 0.2) is 21.4 Å². The normalized spacial score (nSPS) is 22.3. The van der Waals surface area contributed by atoms with Crippen molar-refractivity contribution in [3.63, 3.8) is 0 Å². The second-order valence-corrected chi connectivity index (χ2v) is 11.5. The van der Waals surface area contributed by atoms with Gasteiger partial charge in [-0.3, -0.25) is 0 Å². The summed E-state index contributed by atoms with van der Waals surface area (Å²) in [4.78, 5) is 11.7. The number of nitrogens with zero attached hydrogens (tertiary/aromatic N) is 5. The molecule has 0 bridgehead atoms. The van der Waals surface area contributed by atoms with Gasteiger partial charge in [-0.1, -0.05) is 6.92 Å². The molecule has 34 heavy (non-hydrogen) atoms. The van der Waals surface area contributed by atoms with Crippen LogP contribution in [0.3, 0.4) is 0 Å². The van der Waals surface area contributed by atoms with Crippen molar-refractivity contribution in [2.24, 2.45) is 0 Å². The van der Waals surface area contributed by atoms with Crippen LogP contribution in [0, 0.1) is 6.92 Å². The van der Waals surface area contributed by atoms with Crippen molar-refractivity contribution in [2.75, 3.05) is 18.0 Å². The maximum Gasteiger partial charge on any atom is 0.267 e. The number of aromatic nitrogens is 4. The van der Waals surface area contributed by atoms with Crippen LogP contribution >= 0.6 is 0 Å². The zero-order chi connectivity index (χ0) is 24.3. The largest absolute Gasteiger partial charge is 0.419 e. The standard InChI is InChI=1S/C23H31N7O3S/c1-6-19-27-28-22(33-19)21-17-9-16(34(31,32)29-23(5)7-8-23)10-18(20(17)25-15(4)26-21)30-11-13(2)24-14(3)12-30/h9-10,13-14,24,29H,6-8,11-12H2,1-5H3/t13-,14-/m0/s1. The van der Waals surface area contributed by atoms with Crippen molar-refractivity contribution in [1.82, 2.24) is 30.2 Å². The lowest BCUT2D eigenvalue weighted by Gasteiger charge is -2.38. The summed E-state index contributed by atoms with van der Waals surface area (Å²) in [7, 11) is -3.76. The van der Waals surface area contributed by atoms with Crippen LogP contribution < -0.4 is 14.9 Å². The van der Waals surface area contributed by atoms with Crippen LogP contribution in [-0.2, 0) is 16.4 Å². The quantitative estimate of drug-likeness (QED) is 0.542. The van der Waals surface area contributed by atoms with Crippen molar-refractivity contribution in [3.05, 3.63) is 23.8 Å². The molecule has 5 rings (SSSR count). The van der Waals surface area contributed by atoms with Gasteiger partial charge >= 0.3 is 0 Å². The first kappa shape index (κ1) is 23.1. The van der Waals surface area contributed by atoms with Crippen molar-refractivity contribution in [3.8, 4) is 11.6 Å². The van der Waals surface area contributed by atoms with Crippen LogP contribution in [0.25, 0.3) is 22.5 Å². The zero-order valence-electron chi connectivity index (χ0n) is 20.2. The highest BCUT2D eigenvalue weighted by Gasteiger charge is 2.41. The molecule has 3 heterocycles. The van der Waals surface area contributed by atoms with E-state index >= 15 is 0 Å². The average Bonchev–Trinajstić information content (AvgIpc) is 3.29. The van der Waals surface area contributed by atoms with Crippen molar-refractivity contribution in [2.45, 2.75) is 76.4 Å². The summed E-state index contributed by atoms with van der Waals surface area (Å²) in [6.45, 7) is 11.4. The van der Waals surface area contributed by atoms with Crippen LogP contribution in [0.2, 0.25) is 0 Å². The third kappa shape index (κ3) is 4.39. The van der Waals surface area contributed by atoms with E-state index in [1.54, 1.807) is 12.1 Å². The number of nitrogens with one attached hydrogen (secondary N) is 2. The molecule has 0 radical (unpaired) electrons. The Kier molecular flexibility index (Phi) is 5.61. The Morgan fingerprint density at radius 1 is 1.18 bits per heavy atom. The van der Waals surface area contributed by atoms with Gasteiger partial charge in [0.05, 0.1) is 16.1 Å². The summed E-state index contributed by atoms with van der Waals surface area (Å²) in [5.41, 5.74) is 1.50. The van der Waals surface area contributed by atoms with Gasteiger partial charge in [0.2, 0.25) is 15.9 Å². The Morgan fingerprint density at radius 3 is 2.50 bits per heavy atom. The fourth-order valence-corrected chi connectivity index (χ4v) is 6.06. The van der Waals surface area contributed by atoms with E-state index in [0.29, 0.717) is 34.7 Å². The third-order valence-electron chi connectivity index (χ3n) is 6.43. The van der Waals surface area contributed by atoms with Gasteiger partial charge in [-0.15, -0.1) is 10.2 Å². The maximum atomic E-state index is 13.4. The van der Waals surface area contributed by atoms with Gasteiger partial charge < -0.3 is 14.6 Å². The van der Waals surface area contributed by atoms with Crippen LogP contribution in [0.5, 0.6) is 0 Å². The molecule has 0 spiro atoms. The van der Waals surface area contributed by atoms with Gasteiger partial charge in [-0.05, 0) is 52.7 Å². The van der Waals surface area contributed by atoms with Crippen LogP contribution in [0.1, 0.15) is 52.3 Å². The van der Waals surface area contributed by atoms with E-state index in [0.717, 1.165) is 31.6 Å². The van der Waals surface area contributed by atoms with E-state index in [-0.39, 0.29) is 28.4 Å². The summed E-state index contributed by atoms with van der Waals surface area (Å²) < 4.78 is 35.5. The van der Waals surface area contributed by atoms with Crippen molar-refractivity contribution < 1.29 is 12.8 Å². The van der Waals surface area contributed by atoms with Gasteiger partial charge in [-0.2, -0.15) is 0 Å². The first-order valence-electron chi connectivity index (χ1n) is 11.8. The topological polar surface area (TPSA) is 126 Å². The van der Waals surface area contributed by atoms with Gasteiger partial charge in [0.25, 0.3) is 5.89 Å². The summed E-state index contributed by atoms with van der Waals surface area (Å²) in [6, 6.07) is 3.86. The minimum Gasteiger partial charge on any atom is -0.419 e. The fraction of sp³-hybridized carbons (Fsp3) is 0.565. The molecule has 2 atom stereocenters. The second-order valence-electron chi connectivity index (χ2n) is 9.85. The van der Waals surface area contributed by atoms with E-state index in [1.165, 1.54) is 0 Å². The highest BCUT2D eigenvalue weighted by Crippen LogP contribution is 2.38. The summed E-state index contributed by atoms with van der Waals surface area (Å²) in [5.74, 6) is 1.31. The molecule has 0 amide bonds. The van der Waals surface area contributed by atoms with Crippen molar-refractivity contribution in [1.29, 1.82) is 0 Å². The second kappa shape index (κ2) is 8.24. The van der Waals surface area contributed by atoms with E-state index < -0.39 is 10.0 Å². The molecule has 1 saturated carbocycles. The van der Waals surface area contributed by atoms with Gasteiger partial charge in [-0.25, -0.2) is 23.1 Å². The Labute approximate surface area is 199 Å². The Bertz CT molecular complexity index is 1340. The number of benzene rings is 1. The fourth-order valence-electron chi connectivity index (χ4n) is 4.55. The number of fused-ring (bicyclic) bond motifs is 1. The molecule has 2 N–H and O–H groups in total. The molecule has 182 valence electrons. The predicted octanol–water partition coefficient (Wildman–Crippen LogP) is 2.57. The van der Waals surface area contributed by atoms with Gasteiger partial charge in [0, 0.05) is 42.5 Å². The van der Waals surface area contributed by atoms with E-state index in [2.05, 4.69) is 44.0 Å². The monoisotopic (exact) mass is 485 g/mol.